The number of carbonyl (C=O) groups excluding carboxylic acids is 1. The molecule has 0 fully saturated rings. The Kier molecular flexibility index (Phi) is 5.63. The van der Waals surface area contributed by atoms with Crippen molar-refractivity contribution >= 4 is 27.3 Å². The highest BCUT2D eigenvalue weighted by Gasteiger charge is 2.29. The highest BCUT2D eigenvalue weighted by atomic mass is 32.2. The van der Waals surface area contributed by atoms with Crippen molar-refractivity contribution in [2.45, 2.75) is 13.0 Å². The lowest BCUT2D eigenvalue weighted by Gasteiger charge is -2.28. The van der Waals surface area contributed by atoms with Crippen LogP contribution in [-0.4, -0.2) is 33.7 Å². The monoisotopic (exact) mass is 366 g/mol. The third-order valence-electron chi connectivity index (χ3n) is 3.51. The van der Waals surface area contributed by atoms with Crippen LogP contribution in [0.2, 0.25) is 0 Å². The van der Waals surface area contributed by atoms with Crippen molar-refractivity contribution in [1.29, 1.82) is 0 Å². The summed E-state index contributed by atoms with van der Waals surface area (Å²) in [5, 5.41) is 2.64. The van der Waals surface area contributed by atoms with Crippen molar-refractivity contribution in [3.8, 4) is 5.75 Å². The zero-order chi connectivity index (χ0) is 18.6. The molecule has 0 saturated carbocycles. The van der Waals surface area contributed by atoms with E-state index in [1.807, 2.05) is 0 Å². The third-order valence-corrected chi connectivity index (χ3v) is 4.75. The smallest absolute Gasteiger partial charge is 0.247 e. The van der Waals surface area contributed by atoms with Gasteiger partial charge in [-0.15, -0.1) is 0 Å². The summed E-state index contributed by atoms with van der Waals surface area (Å²) in [6, 6.07) is 10.6. The predicted molar refractivity (Wildman–Crippen MR) is 94.8 cm³/mol. The molecule has 0 aliphatic heterocycles. The van der Waals surface area contributed by atoms with Gasteiger partial charge in [0.05, 0.1) is 19.1 Å². The number of benzene rings is 2. The number of ether oxygens (including phenoxy) is 1. The van der Waals surface area contributed by atoms with Crippen LogP contribution < -0.4 is 14.4 Å². The van der Waals surface area contributed by atoms with Crippen LogP contribution >= 0.6 is 0 Å². The highest BCUT2D eigenvalue weighted by molar-refractivity contribution is 7.92. The van der Waals surface area contributed by atoms with Crippen LogP contribution in [0.5, 0.6) is 5.75 Å². The number of hydrogen-bond acceptors (Lipinski definition) is 4. The van der Waals surface area contributed by atoms with Crippen molar-refractivity contribution < 1.29 is 22.3 Å². The molecule has 2 aromatic carbocycles. The Morgan fingerprint density at radius 3 is 2.36 bits per heavy atom. The Morgan fingerprint density at radius 1 is 1.20 bits per heavy atom. The Morgan fingerprint density at radius 2 is 1.84 bits per heavy atom. The topological polar surface area (TPSA) is 75.7 Å². The van der Waals surface area contributed by atoms with Gasteiger partial charge in [-0.3, -0.25) is 9.10 Å². The Bertz CT molecular complexity index is 853. The lowest BCUT2D eigenvalue weighted by atomic mass is 10.2. The first-order chi connectivity index (χ1) is 11.7. The number of methoxy groups -OCH3 is 1. The summed E-state index contributed by atoms with van der Waals surface area (Å²) in [6.45, 7) is 1.44. The number of nitrogens with zero attached hydrogens (tertiary/aromatic N) is 1. The molecule has 0 aromatic heterocycles. The summed E-state index contributed by atoms with van der Waals surface area (Å²) in [7, 11) is -2.27. The average molecular weight is 366 g/mol. The summed E-state index contributed by atoms with van der Waals surface area (Å²) >= 11 is 0. The quantitative estimate of drug-likeness (QED) is 0.853. The lowest BCUT2D eigenvalue weighted by molar-refractivity contribution is -0.116. The first kappa shape index (κ1) is 18.7. The maximum Gasteiger partial charge on any atom is 0.247 e. The van der Waals surface area contributed by atoms with Crippen molar-refractivity contribution in [2.24, 2.45) is 0 Å². The molecule has 0 aliphatic rings. The fraction of sp³-hybridized carbons (Fsp3) is 0.235. The van der Waals surface area contributed by atoms with Crippen molar-refractivity contribution in [1.82, 2.24) is 0 Å². The predicted octanol–water partition coefficient (Wildman–Crippen LogP) is 2.63. The van der Waals surface area contributed by atoms with E-state index in [2.05, 4.69) is 5.32 Å². The van der Waals surface area contributed by atoms with Gasteiger partial charge in [-0.1, -0.05) is 6.07 Å². The number of halogens is 1. The van der Waals surface area contributed by atoms with Crippen LogP contribution in [0.15, 0.2) is 48.5 Å². The van der Waals surface area contributed by atoms with E-state index in [-0.39, 0.29) is 5.69 Å². The van der Waals surface area contributed by atoms with E-state index >= 15 is 0 Å². The summed E-state index contributed by atoms with van der Waals surface area (Å²) < 4.78 is 43.7. The molecule has 2 aromatic rings. The van der Waals surface area contributed by atoms with E-state index in [0.717, 1.165) is 16.6 Å². The zero-order valence-electron chi connectivity index (χ0n) is 14.1. The number of hydrogen-bond donors (Lipinski definition) is 1. The van der Waals surface area contributed by atoms with Gasteiger partial charge < -0.3 is 10.1 Å². The molecule has 0 bridgehead atoms. The van der Waals surface area contributed by atoms with E-state index in [1.54, 1.807) is 24.3 Å². The van der Waals surface area contributed by atoms with Crippen LogP contribution in [0.3, 0.4) is 0 Å². The molecule has 0 aliphatic carbocycles. The molecular weight excluding hydrogens is 347 g/mol. The fourth-order valence-electron chi connectivity index (χ4n) is 2.34. The second-order valence-electron chi connectivity index (χ2n) is 5.43. The number of amides is 1. The van der Waals surface area contributed by atoms with E-state index in [9.17, 15) is 17.6 Å². The molecule has 1 atom stereocenters. The molecule has 1 N–H and O–H groups in total. The summed E-state index contributed by atoms with van der Waals surface area (Å²) in [5.74, 6) is -0.502. The van der Waals surface area contributed by atoms with E-state index in [0.29, 0.717) is 11.4 Å². The molecule has 0 saturated heterocycles. The van der Waals surface area contributed by atoms with Gasteiger partial charge in [-0.05, 0) is 49.4 Å². The summed E-state index contributed by atoms with van der Waals surface area (Å²) in [6.07, 6.45) is 0.967. The lowest BCUT2D eigenvalue weighted by Crippen LogP contribution is -2.45. The van der Waals surface area contributed by atoms with Crippen molar-refractivity contribution in [3.63, 3.8) is 0 Å². The average Bonchev–Trinajstić information content (AvgIpc) is 2.54. The molecule has 8 heteroatoms. The fourth-order valence-corrected chi connectivity index (χ4v) is 3.51. The van der Waals surface area contributed by atoms with Gasteiger partial charge in [0.1, 0.15) is 17.6 Å². The SMILES string of the molecule is COc1ccc(NC(=O)[C@@H](C)N(c2cccc(F)c2)S(C)(=O)=O)cc1. The number of sulfonamides is 1. The van der Waals surface area contributed by atoms with Crippen LogP contribution in [0.1, 0.15) is 6.92 Å². The number of nitrogens with one attached hydrogen (secondary N) is 1. The van der Waals surface area contributed by atoms with Gasteiger partial charge in [0.25, 0.3) is 0 Å². The molecule has 2 rings (SSSR count). The van der Waals surface area contributed by atoms with Gasteiger partial charge in [-0.25, -0.2) is 12.8 Å². The molecule has 1 amide bonds. The molecule has 25 heavy (non-hydrogen) atoms. The Hall–Kier alpha value is -2.61. The molecule has 0 unspecified atom stereocenters. The zero-order valence-corrected chi connectivity index (χ0v) is 14.9. The minimum absolute atomic E-state index is 0.0832. The van der Waals surface area contributed by atoms with Gasteiger partial charge in [-0.2, -0.15) is 0 Å². The number of rotatable bonds is 6. The van der Waals surface area contributed by atoms with Crippen LogP contribution in [0, 0.1) is 5.82 Å². The molecule has 6 nitrogen and oxygen atoms in total. The van der Waals surface area contributed by atoms with Gasteiger partial charge in [0.2, 0.25) is 15.9 Å². The number of anilines is 2. The second kappa shape index (κ2) is 7.52. The first-order valence-electron chi connectivity index (χ1n) is 7.42. The largest absolute Gasteiger partial charge is 0.497 e. The van der Waals surface area contributed by atoms with E-state index < -0.39 is 27.8 Å². The van der Waals surface area contributed by atoms with E-state index in [1.165, 1.54) is 32.2 Å². The molecule has 134 valence electrons. The normalized spacial score (nSPS) is 12.3. The van der Waals surface area contributed by atoms with Crippen LogP contribution in [0.4, 0.5) is 15.8 Å². The van der Waals surface area contributed by atoms with Crippen molar-refractivity contribution in [3.05, 3.63) is 54.3 Å². The minimum Gasteiger partial charge on any atom is -0.497 e. The maximum atomic E-state index is 13.5. The van der Waals surface area contributed by atoms with Gasteiger partial charge in [0.15, 0.2) is 0 Å². The van der Waals surface area contributed by atoms with Crippen LogP contribution in [-0.2, 0) is 14.8 Å². The molecular formula is C17H19FN2O4S. The van der Waals surface area contributed by atoms with E-state index in [4.69, 9.17) is 4.74 Å². The van der Waals surface area contributed by atoms with Gasteiger partial charge in [0, 0.05) is 5.69 Å². The highest BCUT2D eigenvalue weighted by Crippen LogP contribution is 2.23. The Balaban J connectivity index is 2.26. The molecule has 0 radical (unpaired) electrons. The van der Waals surface area contributed by atoms with Crippen LogP contribution in [0.25, 0.3) is 0 Å². The standard InChI is InChI=1S/C17H19FN2O4S/c1-12(17(21)19-14-7-9-16(24-2)10-8-14)20(25(3,22)23)15-6-4-5-13(18)11-15/h4-12H,1-3H3,(H,19,21)/t12-/m1/s1. The second-order valence-corrected chi connectivity index (χ2v) is 7.29. The Labute approximate surface area is 146 Å². The van der Waals surface area contributed by atoms with Crippen molar-refractivity contribution in [2.75, 3.05) is 23.0 Å². The summed E-state index contributed by atoms with van der Waals surface area (Å²) in [5.41, 5.74) is 0.574. The minimum atomic E-state index is -3.80. The van der Waals surface area contributed by atoms with Gasteiger partial charge >= 0.3 is 0 Å². The molecule has 0 heterocycles. The third kappa shape index (κ3) is 4.69. The molecule has 0 spiro atoms. The maximum absolute atomic E-state index is 13.5. The first-order valence-corrected chi connectivity index (χ1v) is 9.27. The number of carbonyl (C=O) groups is 1. The summed E-state index contributed by atoms with van der Waals surface area (Å²) in [4.78, 5) is 12.5.